The third kappa shape index (κ3) is 2.08. The van der Waals surface area contributed by atoms with E-state index >= 15 is 0 Å². The highest BCUT2D eigenvalue weighted by Gasteiger charge is 2.10. The van der Waals surface area contributed by atoms with Crippen LogP contribution in [-0.2, 0) is 18.3 Å². The molecule has 0 radical (unpaired) electrons. The fourth-order valence-corrected chi connectivity index (χ4v) is 1.44. The van der Waals surface area contributed by atoms with Crippen LogP contribution in [0, 0.1) is 0 Å². The van der Waals surface area contributed by atoms with E-state index in [9.17, 15) is 4.79 Å². The van der Waals surface area contributed by atoms with Crippen molar-refractivity contribution in [3.8, 4) is 11.4 Å². The van der Waals surface area contributed by atoms with Crippen LogP contribution >= 0.6 is 0 Å². The Morgan fingerprint density at radius 3 is 2.69 bits per heavy atom. The van der Waals surface area contributed by atoms with Gasteiger partial charge in [0.25, 0.3) is 0 Å². The third-order valence-corrected chi connectivity index (χ3v) is 2.22. The molecule has 1 amide bonds. The predicted octanol–water partition coefficient (Wildman–Crippen LogP) is 0.510. The second kappa shape index (κ2) is 4.14. The number of nitrogens with zero attached hydrogens (tertiary/aromatic N) is 3. The molecule has 0 saturated carbocycles. The van der Waals surface area contributed by atoms with Gasteiger partial charge in [0.15, 0.2) is 5.82 Å². The molecule has 0 atom stereocenters. The molecule has 5 nitrogen and oxygen atoms in total. The first-order valence-electron chi connectivity index (χ1n) is 4.90. The van der Waals surface area contributed by atoms with E-state index < -0.39 is 5.91 Å². The molecular formula is C11H12N4O. The fraction of sp³-hybridized carbons (Fsp3) is 0.182. The van der Waals surface area contributed by atoms with E-state index in [1.807, 2.05) is 30.3 Å². The van der Waals surface area contributed by atoms with Crippen LogP contribution in [0.1, 0.15) is 5.82 Å². The van der Waals surface area contributed by atoms with Crippen molar-refractivity contribution in [2.45, 2.75) is 6.42 Å². The number of benzene rings is 1. The van der Waals surface area contributed by atoms with Gasteiger partial charge in [0, 0.05) is 12.6 Å². The van der Waals surface area contributed by atoms with E-state index in [-0.39, 0.29) is 6.42 Å². The number of hydrogen-bond acceptors (Lipinski definition) is 3. The molecule has 2 aromatic rings. The Morgan fingerprint density at radius 1 is 1.38 bits per heavy atom. The van der Waals surface area contributed by atoms with E-state index in [0.717, 1.165) is 5.56 Å². The molecule has 82 valence electrons. The van der Waals surface area contributed by atoms with Gasteiger partial charge in [0.2, 0.25) is 5.91 Å². The zero-order valence-corrected chi connectivity index (χ0v) is 8.92. The first kappa shape index (κ1) is 10.4. The summed E-state index contributed by atoms with van der Waals surface area (Å²) >= 11 is 0. The molecule has 5 heteroatoms. The minimum Gasteiger partial charge on any atom is -0.369 e. The van der Waals surface area contributed by atoms with Gasteiger partial charge < -0.3 is 5.73 Å². The summed E-state index contributed by atoms with van der Waals surface area (Å²) in [5.74, 6) is 0.779. The van der Waals surface area contributed by atoms with Crippen molar-refractivity contribution in [3.63, 3.8) is 0 Å². The van der Waals surface area contributed by atoms with Crippen LogP contribution < -0.4 is 5.73 Å². The Hall–Kier alpha value is -2.17. The van der Waals surface area contributed by atoms with Crippen molar-refractivity contribution in [1.29, 1.82) is 0 Å². The van der Waals surface area contributed by atoms with Gasteiger partial charge in [-0.15, -0.1) is 0 Å². The lowest BCUT2D eigenvalue weighted by Gasteiger charge is -1.93. The summed E-state index contributed by atoms with van der Waals surface area (Å²) in [7, 11) is 1.75. The van der Waals surface area contributed by atoms with E-state index in [2.05, 4.69) is 10.1 Å². The van der Waals surface area contributed by atoms with Crippen molar-refractivity contribution in [2.75, 3.05) is 0 Å². The van der Waals surface area contributed by atoms with Crippen LogP contribution in [0.2, 0.25) is 0 Å². The van der Waals surface area contributed by atoms with Crippen LogP contribution in [0.3, 0.4) is 0 Å². The van der Waals surface area contributed by atoms with E-state index in [0.29, 0.717) is 11.6 Å². The molecule has 1 aromatic carbocycles. The largest absolute Gasteiger partial charge is 0.369 e. The Bertz CT molecular complexity index is 504. The van der Waals surface area contributed by atoms with Gasteiger partial charge in [-0.1, -0.05) is 30.3 Å². The van der Waals surface area contributed by atoms with Crippen LogP contribution in [0.15, 0.2) is 30.3 Å². The molecule has 0 unspecified atom stereocenters. The summed E-state index contributed by atoms with van der Waals surface area (Å²) in [6, 6.07) is 9.60. The van der Waals surface area contributed by atoms with E-state index in [1.165, 1.54) is 0 Å². The highest BCUT2D eigenvalue weighted by atomic mass is 16.1. The fourth-order valence-electron chi connectivity index (χ4n) is 1.44. The Kier molecular flexibility index (Phi) is 2.68. The Balaban J connectivity index is 2.34. The van der Waals surface area contributed by atoms with Gasteiger partial charge in [-0.25, -0.2) is 4.98 Å². The number of hydrogen-bond donors (Lipinski definition) is 1. The minimum absolute atomic E-state index is 0.107. The zero-order valence-electron chi connectivity index (χ0n) is 8.92. The van der Waals surface area contributed by atoms with Crippen molar-refractivity contribution < 1.29 is 4.79 Å². The van der Waals surface area contributed by atoms with Gasteiger partial charge >= 0.3 is 0 Å². The quantitative estimate of drug-likeness (QED) is 0.812. The van der Waals surface area contributed by atoms with Gasteiger partial charge in [0.05, 0.1) is 6.42 Å². The van der Waals surface area contributed by atoms with E-state index in [4.69, 9.17) is 5.73 Å². The Morgan fingerprint density at radius 2 is 2.06 bits per heavy atom. The molecule has 1 aromatic heterocycles. The van der Waals surface area contributed by atoms with Crippen LogP contribution in [-0.4, -0.2) is 20.7 Å². The van der Waals surface area contributed by atoms with Crippen molar-refractivity contribution in [1.82, 2.24) is 14.8 Å². The lowest BCUT2D eigenvalue weighted by atomic mass is 10.2. The minimum atomic E-state index is -0.407. The maximum absolute atomic E-state index is 10.8. The smallest absolute Gasteiger partial charge is 0.225 e. The summed E-state index contributed by atoms with van der Waals surface area (Å²) in [4.78, 5) is 15.1. The number of aromatic nitrogens is 3. The predicted molar refractivity (Wildman–Crippen MR) is 59.3 cm³/mol. The van der Waals surface area contributed by atoms with E-state index in [1.54, 1.807) is 11.7 Å². The van der Waals surface area contributed by atoms with Crippen LogP contribution in [0.4, 0.5) is 0 Å². The van der Waals surface area contributed by atoms with Gasteiger partial charge in [-0.3, -0.25) is 9.48 Å². The highest BCUT2D eigenvalue weighted by molar-refractivity contribution is 5.75. The highest BCUT2D eigenvalue weighted by Crippen LogP contribution is 2.14. The molecule has 0 spiro atoms. The Labute approximate surface area is 92.9 Å². The number of primary amides is 1. The maximum atomic E-state index is 10.8. The van der Waals surface area contributed by atoms with Gasteiger partial charge in [-0.05, 0) is 0 Å². The number of nitrogens with two attached hydrogens (primary N) is 1. The molecule has 2 N–H and O–H groups in total. The molecule has 16 heavy (non-hydrogen) atoms. The summed E-state index contributed by atoms with van der Waals surface area (Å²) in [6.45, 7) is 0. The summed E-state index contributed by atoms with van der Waals surface area (Å²) in [5, 5.41) is 4.23. The number of carbonyl (C=O) groups is 1. The molecule has 0 aliphatic rings. The maximum Gasteiger partial charge on any atom is 0.225 e. The summed E-state index contributed by atoms with van der Waals surface area (Å²) in [5.41, 5.74) is 6.05. The molecule has 0 aliphatic carbocycles. The second-order valence-corrected chi connectivity index (χ2v) is 3.48. The number of aryl methyl sites for hydroxylation is 1. The molecule has 2 rings (SSSR count). The monoisotopic (exact) mass is 216 g/mol. The first-order chi connectivity index (χ1) is 7.66. The van der Waals surface area contributed by atoms with Crippen molar-refractivity contribution >= 4 is 5.91 Å². The number of amides is 1. The SMILES string of the molecule is Cn1nc(-c2ccccc2)nc1CC(N)=O. The number of rotatable bonds is 3. The molecule has 1 heterocycles. The van der Waals surface area contributed by atoms with Gasteiger partial charge in [0.1, 0.15) is 5.82 Å². The number of carbonyl (C=O) groups excluding carboxylic acids is 1. The average molecular weight is 216 g/mol. The lowest BCUT2D eigenvalue weighted by Crippen LogP contribution is -2.16. The van der Waals surface area contributed by atoms with Crippen molar-refractivity contribution in [3.05, 3.63) is 36.2 Å². The zero-order chi connectivity index (χ0) is 11.5. The van der Waals surface area contributed by atoms with Crippen LogP contribution in [0.5, 0.6) is 0 Å². The van der Waals surface area contributed by atoms with Crippen LogP contribution in [0.25, 0.3) is 11.4 Å². The average Bonchev–Trinajstić information content (AvgIpc) is 2.61. The second-order valence-electron chi connectivity index (χ2n) is 3.48. The summed E-state index contributed by atoms with van der Waals surface area (Å²) in [6.07, 6.45) is 0.107. The normalized spacial score (nSPS) is 10.3. The summed E-state index contributed by atoms with van der Waals surface area (Å²) < 4.78 is 1.58. The third-order valence-electron chi connectivity index (χ3n) is 2.22. The molecule has 0 fully saturated rings. The van der Waals surface area contributed by atoms with Crippen molar-refractivity contribution in [2.24, 2.45) is 12.8 Å². The first-order valence-corrected chi connectivity index (χ1v) is 4.90. The molecular weight excluding hydrogens is 204 g/mol. The lowest BCUT2D eigenvalue weighted by molar-refractivity contribution is -0.117. The molecule has 0 aliphatic heterocycles. The molecule has 0 bridgehead atoms. The standard InChI is InChI=1S/C11H12N4O/c1-15-10(7-9(12)16)13-11(14-15)8-5-3-2-4-6-8/h2-6H,7H2,1H3,(H2,12,16). The van der Waals surface area contributed by atoms with Gasteiger partial charge in [-0.2, -0.15) is 5.10 Å². The topological polar surface area (TPSA) is 73.8 Å². The molecule has 0 saturated heterocycles.